The normalized spacial score (nSPS) is 16.1. The molecule has 2 amide bonds. The van der Waals surface area contributed by atoms with Crippen molar-refractivity contribution in [3.05, 3.63) is 59.7 Å². The molecular formula is C20H21N3O4. The fourth-order valence-corrected chi connectivity index (χ4v) is 2.78. The van der Waals surface area contributed by atoms with Crippen molar-refractivity contribution in [1.29, 1.82) is 0 Å². The first-order chi connectivity index (χ1) is 13.1. The number of hydrogen-bond acceptors (Lipinski definition) is 5. The molecule has 0 spiro atoms. The van der Waals surface area contributed by atoms with Crippen LogP contribution in [0.3, 0.4) is 0 Å². The van der Waals surface area contributed by atoms with Crippen molar-refractivity contribution in [2.24, 2.45) is 4.99 Å². The van der Waals surface area contributed by atoms with Crippen LogP contribution in [0.2, 0.25) is 0 Å². The summed E-state index contributed by atoms with van der Waals surface area (Å²) >= 11 is 0. The number of rotatable bonds is 5. The van der Waals surface area contributed by atoms with Gasteiger partial charge >= 0.3 is 0 Å². The smallest absolute Gasteiger partial charge is 0.257 e. The molecular weight excluding hydrogens is 346 g/mol. The van der Waals surface area contributed by atoms with Gasteiger partial charge in [0.05, 0.1) is 26.2 Å². The quantitative estimate of drug-likeness (QED) is 0.849. The van der Waals surface area contributed by atoms with Gasteiger partial charge in [0.15, 0.2) is 11.5 Å². The minimum Gasteiger partial charge on any atom is -0.493 e. The van der Waals surface area contributed by atoms with E-state index in [9.17, 15) is 9.59 Å². The number of benzene rings is 2. The molecule has 3 rings (SSSR count). The van der Waals surface area contributed by atoms with E-state index in [1.165, 1.54) is 0 Å². The van der Waals surface area contributed by atoms with Gasteiger partial charge in [-0.15, -0.1) is 0 Å². The number of carbonyl (C=O) groups excluding carboxylic acids is 2. The van der Waals surface area contributed by atoms with Gasteiger partial charge in [-0.3, -0.25) is 20.2 Å². The Labute approximate surface area is 157 Å². The maximum atomic E-state index is 12.3. The van der Waals surface area contributed by atoms with Crippen molar-refractivity contribution < 1.29 is 19.1 Å². The molecule has 7 nitrogen and oxygen atoms in total. The number of carbonyl (C=O) groups is 2. The molecule has 0 aliphatic carbocycles. The minimum absolute atomic E-state index is 0.137. The van der Waals surface area contributed by atoms with Crippen LogP contribution in [0.25, 0.3) is 0 Å². The van der Waals surface area contributed by atoms with Crippen LogP contribution >= 0.6 is 0 Å². The highest BCUT2D eigenvalue weighted by atomic mass is 16.5. The molecule has 140 valence electrons. The van der Waals surface area contributed by atoms with Crippen LogP contribution in [-0.4, -0.2) is 31.5 Å². The zero-order chi connectivity index (χ0) is 19.2. The Morgan fingerprint density at radius 1 is 1.22 bits per heavy atom. The summed E-state index contributed by atoms with van der Waals surface area (Å²) < 4.78 is 10.9. The van der Waals surface area contributed by atoms with E-state index in [1.807, 2.05) is 19.1 Å². The van der Waals surface area contributed by atoms with Gasteiger partial charge in [-0.25, -0.2) is 4.99 Å². The standard InChI is InChI=1S/C20H21N3O4/c1-3-27-16-10-9-14(11-17(16)26-2)15-12-18(24)22-20(21-15)23-19(25)13-7-5-4-6-8-13/h4-11,15H,3,12H2,1-2H3,(H2,21,22,23,24,25)/t15-/m0/s1. The Morgan fingerprint density at radius 2 is 2.00 bits per heavy atom. The number of guanidine groups is 1. The second kappa shape index (κ2) is 8.35. The van der Waals surface area contributed by atoms with Gasteiger partial charge in [0.2, 0.25) is 11.9 Å². The molecule has 2 N–H and O–H groups in total. The lowest BCUT2D eigenvalue weighted by Crippen LogP contribution is -2.47. The molecule has 27 heavy (non-hydrogen) atoms. The van der Waals surface area contributed by atoms with Crippen LogP contribution in [0.5, 0.6) is 11.5 Å². The van der Waals surface area contributed by atoms with Gasteiger partial charge in [0.25, 0.3) is 5.91 Å². The first-order valence-electron chi connectivity index (χ1n) is 8.65. The average molecular weight is 367 g/mol. The summed E-state index contributed by atoms with van der Waals surface area (Å²) in [5.74, 6) is 0.791. The second-order valence-corrected chi connectivity index (χ2v) is 5.91. The fourth-order valence-electron chi connectivity index (χ4n) is 2.78. The molecule has 2 aromatic carbocycles. The highest BCUT2D eigenvalue weighted by Gasteiger charge is 2.24. The van der Waals surface area contributed by atoms with Gasteiger partial charge < -0.3 is 9.47 Å². The molecule has 7 heteroatoms. The molecule has 0 saturated carbocycles. The Balaban J connectivity index is 1.82. The van der Waals surface area contributed by atoms with Crippen molar-refractivity contribution in [2.75, 3.05) is 13.7 Å². The number of amides is 2. The Hall–Kier alpha value is -3.35. The van der Waals surface area contributed by atoms with E-state index in [2.05, 4.69) is 15.6 Å². The number of ether oxygens (including phenoxy) is 2. The van der Waals surface area contributed by atoms with E-state index in [0.717, 1.165) is 5.56 Å². The molecule has 0 aromatic heterocycles. The predicted molar refractivity (Wildman–Crippen MR) is 101 cm³/mol. The Kier molecular flexibility index (Phi) is 5.71. The number of aliphatic imine (C=N–C) groups is 1. The third kappa shape index (κ3) is 4.44. The molecule has 0 saturated heterocycles. The SMILES string of the molecule is CCOc1ccc([C@@H]2CC(=O)NC(NC(=O)c3ccccc3)=N2)cc1OC. The van der Waals surface area contributed by atoms with Crippen LogP contribution < -0.4 is 20.1 Å². The minimum atomic E-state index is -0.422. The van der Waals surface area contributed by atoms with Gasteiger partial charge in [-0.1, -0.05) is 24.3 Å². The van der Waals surface area contributed by atoms with Gasteiger partial charge in [0, 0.05) is 5.56 Å². The molecule has 1 atom stereocenters. The molecule has 2 aromatic rings. The third-order valence-corrected chi connectivity index (χ3v) is 4.06. The van der Waals surface area contributed by atoms with Crippen molar-refractivity contribution in [1.82, 2.24) is 10.6 Å². The van der Waals surface area contributed by atoms with Crippen LogP contribution in [0.4, 0.5) is 0 Å². The zero-order valence-electron chi connectivity index (χ0n) is 15.2. The molecule has 1 heterocycles. The molecule has 1 aliphatic rings. The van der Waals surface area contributed by atoms with Gasteiger partial charge in [0.1, 0.15) is 0 Å². The molecule has 0 fully saturated rings. The van der Waals surface area contributed by atoms with Crippen molar-refractivity contribution in [2.45, 2.75) is 19.4 Å². The van der Waals surface area contributed by atoms with E-state index in [-0.39, 0.29) is 24.2 Å². The maximum Gasteiger partial charge on any atom is 0.257 e. The maximum absolute atomic E-state index is 12.3. The summed E-state index contributed by atoms with van der Waals surface area (Å²) in [5, 5.41) is 5.25. The van der Waals surface area contributed by atoms with E-state index < -0.39 is 6.04 Å². The highest BCUT2D eigenvalue weighted by molar-refractivity contribution is 6.10. The number of methoxy groups -OCH3 is 1. The summed E-state index contributed by atoms with van der Waals surface area (Å²) in [4.78, 5) is 28.9. The molecule has 1 aliphatic heterocycles. The number of hydrogen-bond donors (Lipinski definition) is 2. The molecule has 0 bridgehead atoms. The van der Waals surface area contributed by atoms with Crippen LogP contribution in [0.1, 0.15) is 35.3 Å². The van der Waals surface area contributed by atoms with Gasteiger partial charge in [-0.2, -0.15) is 0 Å². The lowest BCUT2D eigenvalue weighted by atomic mass is 10.0. The van der Waals surface area contributed by atoms with Crippen LogP contribution in [-0.2, 0) is 4.79 Å². The lowest BCUT2D eigenvalue weighted by molar-refractivity contribution is -0.120. The Morgan fingerprint density at radius 3 is 2.70 bits per heavy atom. The van der Waals surface area contributed by atoms with Crippen molar-refractivity contribution in [3.8, 4) is 11.5 Å². The first kappa shape index (κ1) is 18.4. The molecule has 0 radical (unpaired) electrons. The van der Waals surface area contributed by atoms with E-state index in [4.69, 9.17) is 9.47 Å². The summed E-state index contributed by atoms with van der Waals surface area (Å²) in [6.07, 6.45) is 0.182. The van der Waals surface area contributed by atoms with Gasteiger partial charge in [-0.05, 0) is 36.8 Å². The van der Waals surface area contributed by atoms with Crippen LogP contribution in [0.15, 0.2) is 53.5 Å². The largest absolute Gasteiger partial charge is 0.493 e. The summed E-state index contributed by atoms with van der Waals surface area (Å²) in [7, 11) is 1.56. The summed E-state index contributed by atoms with van der Waals surface area (Å²) in [6.45, 7) is 2.42. The van der Waals surface area contributed by atoms with Crippen molar-refractivity contribution >= 4 is 17.8 Å². The van der Waals surface area contributed by atoms with Crippen molar-refractivity contribution in [3.63, 3.8) is 0 Å². The van der Waals surface area contributed by atoms with E-state index in [1.54, 1.807) is 43.5 Å². The molecule has 0 unspecified atom stereocenters. The average Bonchev–Trinajstić information content (AvgIpc) is 2.68. The first-order valence-corrected chi connectivity index (χ1v) is 8.65. The zero-order valence-corrected chi connectivity index (χ0v) is 15.2. The van der Waals surface area contributed by atoms with E-state index in [0.29, 0.717) is 23.7 Å². The predicted octanol–water partition coefficient (Wildman–Crippen LogP) is 2.44. The Bertz CT molecular complexity index is 865. The van der Waals surface area contributed by atoms with Crippen LogP contribution in [0, 0.1) is 0 Å². The summed E-state index contributed by atoms with van der Waals surface area (Å²) in [5.41, 5.74) is 1.29. The number of nitrogens with one attached hydrogen (secondary N) is 2. The fraction of sp³-hybridized carbons (Fsp3) is 0.250. The summed E-state index contributed by atoms with van der Waals surface area (Å²) in [6, 6.07) is 13.8. The topological polar surface area (TPSA) is 89.0 Å². The number of nitrogens with zero attached hydrogens (tertiary/aromatic N) is 1. The second-order valence-electron chi connectivity index (χ2n) is 5.91. The monoisotopic (exact) mass is 367 g/mol. The van der Waals surface area contributed by atoms with E-state index >= 15 is 0 Å². The highest BCUT2D eigenvalue weighted by Crippen LogP contribution is 2.33. The lowest BCUT2D eigenvalue weighted by Gasteiger charge is -2.22. The third-order valence-electron chi connectivity index (χ3n) is 4.06.